The van der Waals surface area contributed by atoms with Gasteiger partial charge in [0.1, 0.15) is 0 Å². The van der Waals surface area contributed by atoms with Crippen molar-refractivity contribution in [3.05, 3.63) is 34.5 Å². The Morgan fingerprint density at radius 1 is 1.57 bits per heavy atom. The summed E-state index contributed by atoms with van der Waals surface area (Å²) in [5.41, 5.74) is 0.480. The van der Waals surface area contributed by atoms with Crippen LogP contribution in [0.15, 0.2) is 28.8 Å². The lowest BCUT2D eigenvalue weighted by Crippen LogP contribution is -2.22. The summed E-state index contributed by atoms with van der Waals surface area (Å²) in [4.78, 5) is 21.7. The molecule has 1 heterocycles. The zero-order chi connectivity index (χ0) is 10.7. The molecule has 0 saturated carbocycles. The fourth-order valence-corrected chi connectivity index (χ4v) is 1.16. The average Bonchev–Trinajstić information content (AvgIpc) is 2.34. The van der Waals surface area contributed by atoms with E-state index >= 15 is 0 Å². The molecule has 0 fully saturated rings. The van der Waals surface area contributed by atoms with Gasteiger partial charge in [-0.15, -0.1) is 0 Å². The lowest BCUT2D eigenvalue weighted by Gasteiger charge is -1.99. The monoisotopic (exact) mass is 196 g/mol. The normalized spacial score (nSPS) is 11.7. The van der Waals surface area contributed by atoms with Crippen LogP contribution >= 0.6 is 0 Å². The van der Waals surface area contributed by atoms with E-state index in [1.165, 1.54) is 9.13 Å². The van der Waals surface area contributed by atoms with Crippen molar-refractivity contribution in [2.24, 2.45) is 7.05 Å². The van der Waals surface area contributed by atoms with Crippen LogP contribution in [0.4, 0.5) is 0 Å². The Labute approximate surface area is 80.9 Å². The highest BCUT2D eigenvalue weighted by Gasteiger charge is 2.01. The number of carboxylic acid groups (broad SMARTS) is 1. The lowest BCUT2D eigenvalue weighted by atomic mass is 10.3. The van der Waals surface area contributed by atoms with Gasteiger partial charge in [-0.25, -0.2) is 9.59 Å². The summed E-state index contributed by atoms with van der Waals surface area (Å²) >= 11 is 0. The molecule has 0 radical (unpaired) electrons. The zero-order valence-corrected chi connectivity index (χ0v) is 8.10. The fraction of sp³-hybridized carbons (Fsp3) is 0.333. The molecule has 0 bridgehead atoms. The van der Waals surface area contributed by atoms with E-state index in [1.54, 1.807) is 26.4 Å². The first-order valence-corrected chi connectivity index (χ1v) is 4.12. The van der Waals surface area contributed by atoms with E-state index in [-0.39, 0.29) is 5.69 Å². The summed E-state index contributed by atoms with van der Waals surface area (Å²) in [5.74, 6) is -0.994. The Bertz CT molecular complexity index is 426. The third-order valence-electron chi connectivity index (χ3n) is 1.81. The molecule has 0 aliphatic rings. The van der Waals surface area contributed by atoms with E-state index in [1.807, 2.05) is 0 Å². The first-order chi connectivity index (χ1) is 6.50. The number of carbonyl (C=O) groups is 1. The highest BCUT2D eigenvalue weighted by molar-refractivity contribution is 5.80. The lowest BCUT2D eigenvalue weighted by molar-refractivity contribution is -0.131. The molecule has 0 amide bonds. The van der Waals surface area contributed by atoms with Crippen molar-refractivity contribution in [1.29, 1.82) is 0 Å². The van der Waals surface area contributed by atoms with E-state index in [0.29, 0.717) is 12.1 Å². The zero-order valence-electron chi connectivity index (χ0n) is 8.10. The Kier molecular flexibility index (Phi) is 2.91. The number of aromatic nitrogens is 2. The van der Waals surface area contributed by atoms with Crippen LogP contribution < -0.4 is 5.69 Å². The summed E-state index contributed by atoms with van der Waals surface area (Å²) in [6.45, 7) is 1.99. The quantitative estimate of drug-likeness (QED) is 0.703. The van der Waals surface area contributed by atoms with Crippen molar-refractivity contribution in [3.63, 3.8) is 0 Å². The highest BCUT2D eigenvalue weighted by Crippen LogP contribution is 1.96. The van der Waals surface area contributed by atoms with Gasteiger partial charge in [0.05, 0.1) is 0 Å². The van der Waals surface area contributed by atoms with Crippen LogP contribution in [0.25, 0.3) is 0 Å². The van der Waals surface area contributed by atoms with E-state index in [9.17, 15) is 9.59 Å². The Morgan fingerprint density at radius 3 is 2.64 bits per heavy atom. The minimum absolute atomic E-state index is 0.150. The molecule has 1 aromatic heterocycles. The number of nitrogens with zero attached hydrogens (tertiary/aromatic N) is 2. The smallest absolute Gasteiger partial charge is 0.328 e. The predicted molar refractivity (Wildman–Crippen MR) is 51.1 cm³/mol. The molecule has 76 valence electrons. The first-order valence-electron chi connectivity index (χ1n) is 4.12. The van der Waals surface area contributed by atoms with E-state index in [0.717, 1.165) is 6.08 Å². The van der Waals surface area contributed by atoms with Gasteiger partial charge in [0.25, 0.3) is 0 Å². The van der Waals surface area contributed by atoms with Gasteiger partial charge in [0, 0.05) is 32.1 Å². The van der Waals surface area contributed by atoms with Crippen molar-refractivity contribution in [3.8, 4) is 0 Å². The van der Waals surface area contributed by atoms with Gasteiger partial charge in [-0.05, 0) is 12.5 Å². The van der Waals surface area contributed by atoms with Crippen LogP contribution in [0.1, 0.15) is 6.92 Å². The number of rotatable bonds is 3. The van der Waals surface area contributed by atoms with Crippen LogP contribution in [-0.2, 0) is 18.4 Å². The van der Waals surface area contributed by atoms with Crippen LogP contribution in [0, 0.1) is 0 Å². The summed E-state index contributed by atoms with van der Waals surface area (Å²) in [7, 11) is 1.65. The molecule has 5 heteroatoms. The van der Waals surface area contributed by atoms with Crippen molar-refractivity contribution in [2.75, 3.05) is 0 Å². The number of aryl methyl sites for hydroxylation is 1. The summed E-state index contributed by atoms with van der Waals surface area (Å²) in [6.07, 6.45) is 4.36. The van der Waals surface area contributed by atoms with Gasteiger partial charge in [0.15, 0.2) is 0 Å². The van der Waals surface area contributed by atoms with Crippen molar-refractivity contribution < 1.29 is 9.90 Å². The van der Waals surface area contributed by atoms with E-state index < -0.39 is 5.97 Å². The number of hydrogen-bond donors (Lipinski definition) is 1. The maximum Gasteiger partial charge on any atom is 0.328 e. The number of aliphatic carboxylic acids is 1. The first kappa shape index (κ1) is 10.3. The molecule has 0 aliphatic heterocycles. The maximum absolute atomic E-state index is 11.3. The minimum atomic E-state index is -0.994. The van der Waals surface area contributed by atoms with Gasteiger partial charge in [-0.3, -0.25) is 4.57 Å². The Balaban J connectivity index is 2.85. The number of carboxylic acids is 1. The largest absolute Gasteiger partial charge is 0.478 e. The molecule has 14 heavy (non-hydrogen) atoms. The van der Waals surface area contributed by atoms with Gasteiger partial charge in [0.2, 0.25) is 0 Å². The van der Waals surface area contributed by atoms with Crippen molar-refractivity contribution >= 4 is 5.97 Å². The Morgan fingerprint density at radius 2 is 2.21 bits per heavy atom. The molecule has 0 atom stereocenters. The molecule has 0 unspecified atom stereocenters. The topological polar surface area (TPSA) is 64.2 Å². The summed E-state index contributed by atoms with van der Waals surface area (Å²) < 4.78 is 2.89. The molecule has 5 nitrogen and oxygen atoms in total. The molecule has 0 aromatic carbocycles. The molecule has 0 spiro atoms. The standard InChI is InChI=1S/C9H12N2O3/c1-7(5-8(12)13)6-11-4-3-10(2)9(11)14/h3-5H,6H2,1-2H3,(H,12,13)/b7-5-. The van der Waals surface area contributed by atoms with Crippen LogP contribution in [-0.4, -0.2) is 20.2 Å². The molecule has 0 saturated heterocycles. The summed E-state index contributed by atoms with van der Waals surface area (Å²) in [5, 5.41) is 8.47. The molecule has 1 rings (SSSR count). The predicted octanol–water partition coefficient (Wildman–Crippen LogP) is 0.218. The molecular formula is C9H12N2O3. The number of allylic oxidation sites excluding steroid dienone is 1. The third kappa shape index (κ3) is 2.35. The fourth-order valence-electron chi connectivity index (χ4n) is 1.16. The van der Waals surface area contributed by atoms with Crippen LogP contribution in [0.5, 0.6) is 0 Å². The van der Waals surface area contributed by atoms with Gasteiger partial charge in [-0.1, -0.05) is 0 Å². The molecule has 1 N–H and O–H groups in total. The van der Waals surface area contributed by atoms with Gasteiger partial charge < -0.3 is 9.67 Å². The van der Waals surface area contributed by atoms with E-state index in [4.69, 9.17) is 5.11 Å². The van der Waals surface area contributed by atoms with Gasteiger partial charge >= 0.3 is 11.7 Å². The van der Waals surface area contributed by atoms with Crippen LogP contribution in [0.3, 0.4) is 0 Å². The average molecular weight is 196 g/mol. The van der Waals surface area contributed by atoms with Crippen molar-refractivity contribution in [2.45, 2.75) is 13.5 Å². The highest BCUT2D eigenvalue weighted by atomic mass is 16.4. The van der Waals surface area contributed by atoms with Crippen LogP contribution in [0.2, 0.25) is 0 Å². The third-order valence-corrected chi connectivity index (χ3v) is 1.81. The van der Waals surface area contributed by atoms with E-state index in [2.05, 4.69) is 0 Å². The SMILES string of the molecule is C/C(=C/C(=O)O)Cn1ccn(C)c1=O. The van der Waals surface area contributed by atoms with Crippen molar-refractivity contribution in [1.82, 2.24) is 9.13 Å². The summed E-state index contributed by atoms with van der Waals surface area (Å²) in [6, 6.07) is 0. The second-order valence-corrected chi connectivity index (χ2v) is 3.15. The second kappa shape index (κ2) is 3.95. The van der Waals surface area contributed by atoms with Gasteiger partial charge in [-0.2, -0.15) is 0 Å². The molecule has 0 aliphatic carbocycles. The molecule has 1 aromatic rings. The Hall–Kier alpha value is -1.78. The second-order valence-electron chi connectivity index (χ2n) is 3.15. The molecular weight excluding hydrogens is 184 g/mol. The number of imidazole rings is 1. The minimum Gasteiger partial charge on any atom is -0.478 e. The number of hydrogen-bond acceptors (Lipinski definition) is 2. The maximum atomic E-state index is 11.3.